The second-order valence-electron chi connectivity index (χ2n) is 2.57. The molecular formula is C8H4BrF3N2O. The molecular weight excluding hydrogens is 277 g/mol. The van der Waals surface area contributed by atoms with Crippen LogP contribution in [-0.2, 0) is 0 Å². The Labute approximate surface area is 91.6 Å². The van der Waals surface area contributed by atoms with E-state index in [2.05, 4.69) is 25.7 Å². The molecule has 0 unspecified atom stereocenters. The van der Waals surface area contributed by atoms with E-state index >= 15 is 0 Å². The van der Waals surface area contributed by atoms with Crippen LogP contribution in [0.2, 0.25) is 0 Å². The van der Waals surface area contributed by atoms with Crippen molar-refractivity contribution in [1.29, 1.82) is 5.26 Å². The Morgan fingerprint density at radius 1 is 1.53 bits per heavy atom. The molecule has 1 heterocycles. The van der Waals surface area contributed by atoms with Gasteiger partial charge in [-0.15, -0.1) is 13.2 Å². The van der Waals surface area contributed by atoms with Gasteiger partial charge in [0.2, 0.25) is 0 Å². The first-order valence-electron chi connectivity index (χ1n) is 3.66. The third kappa shape index (κ3) is 2.83. The third-order valence-corrected chi connectivity index (χ3v) is 2.52. The van der Waals surface area contributed by atoms with E-state index in [1.54, 1.807) is 6.07 Å². The molecule has 0 fully saturated rings. The van der Waals surface area contributed by atoms with Gasteiger partial charge in [0.05, 0.1) is 10.7 Å². The van der Waals surface area contributed by atoms with Gasteiger partial charge in [0.25, 0.3) is 0 Å². The summed E-state index contributed by atoms with van der Waals surface area (Å²) < 4.78 is 39.6. The van der Waals surface area contributed by atoms with Gasteiger partial charge >= 0.3 is 6.36 Å². The van der Waals surface area contributed by atoms with E-state index < -0.39 is 12.1 Å². The van der Waals surface area contributed by atoms with E-state index in [9.17, 15) is 13.2 Å². The lowest BCUT2D eigenvalue weighted by Gasteiger charge is -2.11. The van der Waals surface area contributed by atoms with Crippen LogP contribution in [0.5, 0.6) is 5.75 Å². The predicted molar refractivity (Wildman–Crippen MR) is 48.1 cm³/mol. The van der Waals surface area contributed by atoms with Crippen molar-refractivity contribution < 1.29 is 17.9 Å². The van der Waals surface area contributed by atoms with Crippen molar-refractivity contribution >= 4 is 15.9 Å². The molecule has 0 atom stereocenters. The fraction of sp³-hybridized carbons (Fsp3) is 0.250. The molecule has 0 aliphatic rings. The monoisotopic (exact) mass is 280 g/mol. The summed E-state index contributed by atoms with van der Waals surface area (Å²) in [4.78, 5) is 3.51. The van der Waals surface area contributed by atoms with Gasteiger partial charge in [-0.3, -0.25) is 0 Å². The highest BCUT2D eigenvalue weighted by Crippen LogP contribution is 2.31. The van der Waals surface area contributed by atoms with Crippen molar-refractivity contribution in [2.45, 2.75) is 13.3 Å². The first kappa shape index (κ1) is 11.8. The number of halogens is 4. The van der Waals surface area contributed by atoms with Gasteiger partial charge in [-0.25, -0.2) is 4.98 Å². The summed E-state index contributed by atoms with van der Waals surface area (Å²) in [5.74, 6) is -0.423. The second kappa shape index (κ2) is 4.06. The van der Waals surface area contributed by atoms with Gasteiger partial charge < -0.3 is 4.74 Å². The first-order valence-corrected chi connectivity index (χ1v) is 4.45. The molecule has 80 valence electrons. The molecule has 0 aliphatic heterocycles. The maximum atomic E-state index is 11.9. The topological polar surface area (TPSA) is 45.9 Å². The van der Waals surface area contributed by atoms with Gasteiger partial charge in [-0.1, -0.05) is 0 Å². The van der Waals surface area contributed by atoms with Gasteiger partial charge in [-0.2, -0.15) is 5.26 Å². The number of nitriles is 1. The highest BCUT2D eigenvalue weighted by molar-refractivity contribution is 9.10. The minimum atomic E-state index is -4.76. The van der Waals surface area contributed by atoms with Crippen molar-refractivity contribution in [2.75, 3.05) is 0 Å². The molecule has 0 N–H and O–H groups in total. The molecule has 1 aromatic rings. The molecule has 1 rings (SSSR count). The Morgan fingerprint density at radius 3 is 2.60 bits per heavy atom. The quantitative estimate of drug-likeness (QED) is 0.795. The van der Waals surface area contributed by atoms with Crippen LogP contribution in [-0.4, -0.2) is 11.3 Å². The van der Waals surface area contributed by atoms with Crippen molar-refractivity contribution in [2.24, 2.45) is 0 Å². The third-order valence-electron chi connectivity index (χ3n) is 1.55. The predicted octanol–water partition coefficient (Wildman–Crippen LogP) is 2.92. The van der Waals surface area contributed by atoms with Gasteiger partial charge in [-0.05, 0) is 22.9 Å². The SMILES string of the molecule is Cc1c(OC(F)(F)F)cnc(C#N)c1Br. The number of aromatic nitrogens is 1. The van der Waals surface area contributed by atoms with Crippen LogP contribution in [0.3, 0.4) is 0 Å². The Morgan fingerprint density at radius 2 is 2.13 bits per heavy atom. The summed E-state index contributed by atoms with van der Waals surface area (Å²) in [6.45, 7) is 1.40. The minimum absolute atomic E-state index is 0.0158. The second-order valence-corrected chi connectivity index (χ2v) is 3.36. The summed E-state index contributed by atoms with van der Waals surface area (Å²) in [7, 11) is 0. The Kier molecular flexibility index (Phi) is 3.19. The smallest absolute Gasteiger partial charge is 0.404 e. The van der Waals surface area contributed by atoms with E-state index in [4.69, 9.17) is 5.26 Å². The van der Waals surface area contributed by atoms with E-state index in [0.29, 0.717) is 0 Å². The summed E-state index contributed by atoms with van der Waals surface area (Å²) in [6.07, 6.45) is -3.90. The molecule has 0 aliphatic carbocycles. The van der Waals surface area contributed by atoms with Gasteiger partial charge in [0, 0.05) is 5.56 Å². The van der Waals surface area contributed by atoms with Crippen LogP contribution in [0.15, 0.2) is 10.7 Å². The molecule has 0 amide bonds. The number of nitrogens with zero attached hydrogens (tertiary/aromatic N) is 2. The molecule has 0 radical (unpaired) electrons. The lowest BCUT2D eigenvalue weighted by atomic mass is 10.2. The summed E-state index contributed by atoms with van der Waals surface area (Å²) in [5.41, 5.74) is 0.195. The maximum Gasteiger partial charge on any atom is 0.573 e. The Balaban J connectivity index is 3.14. The lowest BCUT2D eigenvalue weighted by molar-refractivity contribution is -0.275. The standard InChI is InChI=1S/C8H4BrF3N2O/c1-4-6(15-8(10,11)12)3-14-5(2-13)7(4)9/h3H,1H3. The van der Waals surface area contributed by atoms with E-state index in [-0.39, 0.29) is 15.7 Å². The average Bonchev–Trinajstić information content (AvgIpc) is 2.11. The lowest BCUT2D eigenvalue weighted by Crippen LogP contribution is -2.18. The number of hydrogen-bond donors (Lipinski definition) is 0. The zero-order chi connectivity index (χ0) is 11.6. The zero-order valence-corrected chi connectivity index (χ0v) is 8.98. The van der Waals surface area contributed by atoms with Crippen LogP contribution in [0.25, 0.3) is 0 Å². The molecule has 0 aromatic carbocycles. The minimum Gasteiger partial charge on any atom is -0.404 e. The highest BCUT2D eigenvalue weighted by Gasteiger charge is 2.32. The van der Waals surface area contributed by atoms with Crippen LogP contribution in [0, 0.1) is 18.3 Å². The molecule has 0 saturated carbocycles. The molecule has 0 spiro atoms. The van der Waals surface area contributed by atoms with Gasteiger partial charge in [0.1, 0.15) is 6.07 Å². The van der Waals surface area contributed by atoms with Crippen LogP contribution >= 0.6 is 15.9 Å². The fourth-order valence-corrected chi connectivity index (χ4v) is 1.25. The number of alkyl halides is 3. The number of ether oxygens (including phenoxy) is 1. The fourth-order valence-electron chi connectivity index (χ4n) is 0.868. The zero-order valence-electron chi connectivity index (χ0n) is 7.39. The van der Waals surface area contributed by atoms with Crippen molar-refractivity contribution in [3.8, 4) is 11.8 Å². The molecule has 0 saturated heterocycles. The largest absolute Gasteiger partial charge is 0.573 e. The van der Waals surface area contributed by atoms with Gasteiger partial charge in [0.15, 0.2) is 11.4 Å². The van der Waals surface area contributed by atoms with Crippen LogP contribution in [0.4, 0.5) is 13.2 Å². The summed E-state index contributed by atoms with van der Waals surface area (Å²) >= 11 is 2.97. The molecule has 15 heavy (non-hydrogen) atoms. The Hall–Kier alpha value is -1.29. The summed E-state index contributed by atoms with van der Waals surface area (Å²) in [5, 5.41) is 8.56. The van der Waals surface area contributed by atoms with Crippen molar-refractivity contribution in [3.05, 3.63) is 21.9 Å². The van der Waals surface area contributed by atoms with Crippen LogP contribution < -0.4 is 4.74 Å². The van der Waals surface area contributed by atoms with E-state index in [0.717, 1.165) is 6.20 Å². The molecule has 3 nitrogen and oxygen atoms in total. The highest BCUT2D eigenvalue weighted by atomic mass is 79.9. The first-order chi connectivity index (χ1) is 6.85. The molecule has 1 aromatic heterocycles. The van der Waals surface area contributed by atoms with E-state index in [1.807, 2.05) is 0 Å². The normalized spacial score (nSPS) is 10.9. The number of pyridine rings is 1. The van der Waals surface area contributed by atoms with E-state index in [1.165, 1.54) is 6.92 Å². The Bertz CT molecular complexity index is 425. The van der Waals surface area contributed by atoms with Crippen LogP contribution in [0.1, 0.15) is 11.3 Å². The average molecular weight is 281 g/mol. The molecule has 0 bridgehead atoms. The number of hydrogen-bond acceptors (Lipinski definition) is 3. The van der Waals surface area contributed by atoms with Crippen molar-refractivity contribution in [1.82, 2.24) is 4.98 Å². The number of rotatable bonds is 1. The maximum absolute atomic E-state index is 11.9. The van der Waals surface area contributed by atoms with Crippen molar-refractivity contribution in [3.63, 3.8) is 0 Å². The summed E-state index contributed by atoms with van der Waals surface area (Å²) in [6, 6.07) is 1.73. The molecule has 7 heteroatoms.